The average Bonchev–Trinajstić information content (AvgIpc) is 2.05. The minimum absolute atomic E-state index is 0.716. The third-order valence-electron chi connectivity index (χ3n) is 1.52. The van der Waals surface area contributed by atoms with E-state index >= 15 is 0 Å². The Bertz CT molecular complexity index is 212. The summed E-state index contributed by atoms with van der Waals surface area (Å²) in [6.07, 6.45) is 2.73. The molecule has 2 rings (SSSR count). The SMILES string of the molecule is c1cnc2c(c1)CCNO2. The fraction of sp³-hybridized carbons (Fsp3) is 0.286. The lowest BCUT2D eigenvalue weighted by Gasteiger charge is -2.14. The molecule has 3 heteroatoms. The zero-order valence-electron chi connectivity index (χ0n) is 5.50. The van der Waals surface area contributed by atoms with Crippen LogP contribution in [0.2, 0.25) is 0 Å². The molecule has 1 aliphatic rings. The van der Waals surface area contributed by atoms with E-state index in [0.29, 0.717) is 5.88 Å². The van der Waals surface area contributed by atoms with Gasteiger partial charge in [-0.3, -0.25) is 0 Å². The van der Waals surface area contributed by atoms with Gasteiger partial charge in [-0.1, -0.05) is 6.07 Å². The summed E-state index contributed by atoms with van der Waals surface area (Å²) < 4.78 is 0. The lowest BCUT2D eigenvalue weighted by atomic mass is 10.2. The van der Waals surface area contributed by atoms with Crippen LogP contribution in [0.25, 0.3) is 0 Å². The topological polar surface area (TPSA) is 34.2 Å². The summed E-state index contributed by atoms with van der Waals surface area (Å²) in [5.41, 5.74) is 3.96. The number of nitrogens with one attached hydrogen (secondary N) is 1. The van der Waals surface area contributed by atoms with Crippen molar-refractivity contribution in [3.05, 3.63) is 23.9 Å². The van der Waals surface area contributed by atoms with Gasteiger partial charge in [-0.15, -0.1) is 0 Å². The molecule has 0 spiro atoms. The quantitative estimate of drug-likeness (QED) is 0.564. The fourth-order valence-corrected chi connectivity index (χ4v) is 1.01. The number of hydrogen-bond acceptors (Lipinski definition) is 3. The maximum absolute atomic E-state index is 5.06. The predicted octanol–water partition coefficient (Wildman–Crippen LogP) is 0.521. The number of hydroxylamine groups is 1. The highest BCUT2D eigenvalue weighted by molar-refractivity contribution is 5.26. The van der Waals surface area contributed by atoms with Crippen LogP contribution in [0.15, 0.2) is 18.3 Å². The molecule has 1 aromatic heterocycles. The third kappa shape index (κ3) is 0.844. The van der Waals surface area contributed by atoms with Crippen molar-refractivity contribution in [1.29, 1.82) is 0 Å². The summed E-state index contributed by atoms with van der Waals surface area (Å²) in [4.78, 5) is 9.10. The van der Waals surface area contributed by atoms with Gasteiger partial charge in [0.25, 0.3) is 0 Å². The molecule has 52 valence electrons. The molecule has 0 aliphatic carbocycles. The number of nitrogens with zero attached hydrogens (tertiary/aromatic N) is 1. The van der Waals surface area contributed by atoms with Crippen LogP contribution in [-0.2, 0) is 6.42 Å². The van der Waals surface area contributed by atoms with E-state index in [4.69, 9.17) is 4.84 Å². The van der Waals surface area contributed by atoms with E-state index in [1.54, 1.807) is 6.20 Å². The molecule has 1 aromatic rings. The monoisotopic (exact) mass is 136 g/mol. The number of hydrogen-bond donors (Lipinski definition) is 1. The Kier molecular flexibility index (Phi) is 1.29. The summed E-state index contributed by atoms with van der Waals surface area (Å²) in [6.45, 7) is 0.874. The Hall–Kier alpha value is -1.09. The molecule has 1 N–H and O–H groups in total. The van der Waals surface area contributed by atoms with Crippen molar-refractivity contribution in [3.63, 3.8) is 0 Å². The van der Waals surface area contributed by atoms with Gasteiger partial charge >= 0.3 is 0 Å². The molecule has 1 aliphatic heterocycles. The Morgan fingerprint density at radius 2 is 2.60 bits per heavy atom. The van der Waals surface area contributed by atoms with Crippen LogP contribution in [0, 0.1) is 0 Å². The second-order valence-corrected chi connectivity index (χ2v) is 2.21. The Balaban J connectivity index is 2.41. The van der Waals surface area contributed by atoms with Crippen LogP contribution >= 0.6 is 0 Å². The van der Waals surface area contributed by atoms with Crippen LogP contribution < -0.4 is 10.3 Å². The summed E-state index contributed by atoms with van der Waals surface area (Å²) in [5, 5.41) is 0. The zero-order valence-corrected chi connectivity index (χ0v) is 5.50. The van der Waals surface area contributed by atoms with Crippen LogP contribution in [0.1, 0.15) is 5.56 Å². The van der Waals surface area contributed by atoms with Crippen LogP contribution in [0.5, 0.6) is 5.88 Å². The molecule has 0 aromatic carbocycles. The lowest BCUT2D eigenvalue weighted by Crippen LogP contribution is -2.27. The first-order valence-electron chi connectivity index (χ1n) is 3.30. The molecule has 0 saturated heterocycles. The van der Waals surface area contributed by atoms with Gasteiger partial charge in [-0.2, -0.15) is 5.48 Å². The van der Waals surface area contributed by atoms with E-state index in [2.05, 4.69) is 10.5 Å². The van der Waals surface area contributed by atoms with Gasteiger partial charge in [0.15, 0.2) is 0 Å². The van der Waals surface area contributed by atoms with Crippen LogP contribution in [0.3, 0.4) is 0 Å². The molecular weight excluding hydrogens is 128 g/mol. The van der Waals surface area contributed by atoms with E-state index in [0.717, 1.165) is 13.0 Å². The highest BCUT2D eigenvalue weighted by Gasteiger charge is 2.08. The molecule has 0 radical (unpaired) electrons. The van der Waals surface area contributed by atoms with Crippen molar-refractivity contribution in [3.8, 4) is 5.88 Å². The molecule has 0 amide bonds. The van der Waals surface area contributed by atoms with E-state index in [1.165, 1.54) is 5.56 Å². The summed E-state index contributed by atoms with van der Waals surface area (Å²) in [6, 6.07) is 3.96. The molecule has 3 nitrogen and oxygen atoms in total. The smallest absolute Gasteiger partial charge is 0.240 e. The molecule has 10 heavy (non-hydrogen) atoms. The van der Waals surface area contributed by atoms with Crippen LogP contribution in [0.4, 0.5) is 0 Å². The van der Waals surface area contributed by atoms with Gasteiger partial charge in [0, 0.05) is 18.3 Å². The third-order valence-corrected chi connectivity index (χ3v) is 1.52. The second-order valence-electron chi connectivity index (χ2n) is 2.21. The number of fused-ring (bicyclic) bond motifs is 1. The van der Waals surface area contributed by atoms with E-state index in [9.17, 15) is 0 Å². The first-order chi connectivity index (χ1) is 4.97. The van der Waals surface area contributed by atoms with Crippen LogP contribution in [-0.4, -0.2) is 11.5 Å². The highest BCUT2D eigenvalue weighted by Crippen LogP contribution is 2.15. The summed E-state index contributed by atoms with van der Waals surface area (Å²) >= 11 is 0. The Morgan fingerprint density at radius 3 is 3.50 bits per heavy atom. The second kappa shape index (κ2) is 2.27. The number of rotatable bonds is 0. The van der Waals surface area contributed by atoms with Crippen molar-refractivity contribution >= 4 is 0 Å². The fourth-order valence-electron chi connectivity index (χ4n) is 1.01. The molecule has 0 atom stereocenters. The van der Waals surface area contributed by atoms with E-state index in [-0.39, 0.29) is 0 Å². The standard InChI is InChI=1S/C7H8N2O/c1-2-6-3-5-9-10-7(6)8-4-1/h1-2,4,9H,3,5H2. The first-order valence-corrected chi connectivity index (χ1v) is 3.30. The van der Waals surface area contributed by atoms with Crippen molar-refractivity contribution in [2.75, 3.05) is 6.54 Å². The summed E-state index contributed by atoms with van der Waals surface area (Å²) in [5.74, 6) is 0.716. The highest BCUT2D eigenvalue weighted by atomic mass is 16.7. The van der Waals surface area contributed by atoms with Gasteiger partial charge in [-0.05, 0) is 12.5 Å². The molecule has 0 fully saturated rings. The maximum Gasteiger partial charge on any atom is 0.240 e. The predicted molar refractivity (Wildman–Crippen MR) is 36.6 cm³/mol. The Labute approximate surface area is 59.0 Å². The first kappa shape index (κ1) is 5.68. The minimum atomic E-state index is 0.716. The molecule has 0 saturated carbocycles. The van der Waals surface area contributed by atoms with Crippen molar-refractivity contribution < 1.29 is 4.84 Å². The lowest BCUT2D eigenvalue weighted by molar-refractivity contribution is 0.170. The Morgan fingerprint density at radius 1 is 1.60 bits per heavy atom. The van der Waals surface area contributed by atoms with Crippen molar-refractivity contribution in [1.82, 2.24) is 10.5 Å². The van der Waals surface area contributed by atoms with E-state index < -0.39 is 0 Å². The van der Waals surface area contributed by atoms with Crippen molar-refractivity contribution in [2.24, 2.45) is 0 Å². The van der Waals surface area contributed by atoms with Gasteiger partial charge < -0.3 is 4.84 Å². The van der Waals surface area contributed by atoms with Gasteiger partial charge in [0.05, 0.1) is 0 Å². The molecular formula is C7H8N2O. The number of pyridine rings is 1. The average molecular weight is 136 g/mol. The normalized spacial score (nSPS) is 15.6. The number of aromatic nitrogens is 1. The molecule has 2 heterocycles. The molecule has 0 unspecified atom stereocenters. The van der Waals surface area contributed by atoms with Gasteiger partial charge in [-0.25, -0.2) is 4.98 Å². The largest absolute Gasteiger partial charge is 0.388 e. The molecule has 0 bridgehead atoms. The van der Waals surface area contributed by atoms with Crippen molar-refractivity contribution in [2.45, 2.75) is 6.42 Å². The minimum Gasteiger partial charge on any atom is -0.388 e. The van der Waals surface area contributed by atoms with E-state index in [1.807, 2.05) is 12.1 Å². The van der Waals surface area contributed by atoms with Gasteiger partial charge in [0.1, 0.15) is 0 Å². The summed E-state index contributed by atoms with van der Waals surface area (Å²) in [7, 11) is 0. The zero-order chi connectivity index (χ0) is 6.81. The maximum atomic E-state index is 5.06. The van der Waals surface area contributed by atoms with Gasteiger partial charge in [0.2, 0.25) is 5.88 Å².